The molecule has 0 aliphatic heterocycles. The Morgan fingerprint density at radius 1 is 1.18 bits per heavy atom. The van der Waals surface area contributed by atoms with E-state index in [1.165, 1.54) is 24.3 Å². The van der Waals surface area contributed by atoms with E-state index in [0.717, 1.165) is 0 Å². The number of ether oxygens (including phenoxy) is 1. The minimum absolute atomic E-state index is 0.0261. The van der Waals surface area contributed by atoms with Crippen molar-refractivity contribution in [1.29, 1.82) is 0 Å². The highest BCUT2D eigenvalue weighted by Gasteiger charge is 2.26. The highest BCUT2D eigenvalue weighted by Crippen LogP contribution is 2.19. The molecule has 0 aliphatic carbocycles. The Labute approximate surface area is 96.4 Å². The third-order valence-corrected chi connectivity index (χ3v) is 2.13. The molecular formula is C11H13F4NO. The summed E-state index contributed by atoms with van der Waals surface area (Å²) in [5.74, 6) is -0.390. The summed E-state index contributed by atoms with van der Waals surface area (Å²) in [5, 5.41) is 0. The molecule has 1 aromatic carbocycles. The van der Waals surface area contributed by atoms with Gasteiger partial charge in [-0.15, -0.1) is 0 Å². The van der Waals surface area contributed by atoms with Gasteiger partial charge in [-0.3, -0.25) is 0 Å². The summed E-state index contributed by atoms with van der Waals surface area (Å²) in [7, 11) is 0. The van der Waals surface area contributed by atoms with Crippen LogP contribution in [0.25, 0.3) is 0 Å². The maximum atomic E-state index is 12.6. The Morgan fingerprint density at radius 3 is 2.29 bits per heavy atom. The summed E-state index contributed by atoms with van der Waals surface area (Å²) >= 11 is 0. The first-order valence-electron chi connectivity index (χ1n) is 5.04. The minimum Gasteiger partial charge on any atom is -0.379 e. The molecule has 0 amide bonds. The number of halogens is 4. The van der Waals surface area contributed by atoms with Crippen molar-refractivity contribution in [1.82, 2.24) is 0 Å². The van der Waals surface area contributed by atoms with Gasteiger partial charge in [0.15, 0.2) is 0 Å². The molecule has 0 saturated heterocycles. The molecule has 1 aromatic rings. The van der Waals surface area contributed by atoms with Gasteiger partial charge in [0.05, 0.1) is 25.7 Å². The molecule has 17 heavy (non-hydrogen) atoms. The number of rotatable bonds is 5. The zero-order valence-corrected chi connectivity index (χ0v) is 9.01. The van der Waals surface area contributed by atoms with Gasteiger partial charge in [0.1, 0.15) is 5.82 Å². The van der Waals surface area contributed by atoms with Crippen LogP contribution in [0, 0.1) is 5.82 Å². The van der Waals surface area contributed by atoms with Crippen LogP contribution in [-0.2, 0) is 4.74 Å². The van der Waals surface area contributed by atoms with E-state index in [2.05, 4.69) is 0 Å². The van der Waals surface area contributed by atoms with Crippen molar-refractivity contribution in [3.8, 4) is 0 Å². The molecule has 0 fully saturated rings. The molecule has 6 heteroatoms. The summed E-state index contributed by atoms with van der Waals surface area (Å²) in [6.45, 7) is -0.444. The van der Waals surface area contributed by atoms with E-state index < -0.39 is 25.2 Å². The second-order valence-electron chi connectivity index (χ2n) is 3.60. The van der Waals surface area contributed by atoms with E-state index in [1.807, 2.05) is 0 Å². The second-order valence-corrected chi connectivity index (χ2v) is 3.60. The highest BCUT2D eigenvalue weighted by atomic mass is 19.4. The van der Waals surface area contributed by atoms with Gasteiger partial charge < -0.3 is 10.5 Å². The van der Waals surface area contributed by atoms with Crippen molar-refractivity contribution in [3.05, 3.63) is 35.6 Å². The first kappa shape index (κ1) is 13.9. The summed E-state index contributed by atoms with van der Waals surface area (Å²) in [6.07, 6.45) is -5.22. The molecule has 0 aromatic heterocycles. The molecule has 0 bridgehead atoms. The maximum Gasteiger partial charge on any atom is 0.391 e. The predicted molar refractivity (Wildman–Crippen MR) is 54.8 cm³/mol. The van der Waals surface area contributed by atoms with Crippen LogP contribution in [0.4, 0.5) is 17.6 Å². The predicted octanol–water partition coefficient (Wildman–Crippen LogP) is 2.79. The lowest BCUT2D eigenvalue weighted by Gasteiger charge is -2.13. The lowest BCUT2D eigenvalue weighted by molar-refractivity contribution is -0.145. The molecule has 1 atom stereocenters. The van der Waals surface area contributed by atoms with Gasteiger partial charge in [0.2, 0.25) is 0 Å². The molecule has 1 rings (SSSR count). The fraction of sp³-hybridized carbons (Fsp3) is 0.455. The molecular weight excluding hydrogens is 238 g/mol. The molecule has 0 spiro atoms. The third-order valence-electron chi connectivity index (χ3n) is 2.13. The Hall–Kier alpha value is -1.14. The topological polar surface area (TPSA) is 35.2 Å². The fourth-order valence-electron chi connectivity index (χ4n) is 1.20. The van der Waals surface area contributed by atoms with Gasteiger partial charge in [-0.1, -0.05) is 12.1 Å². The van der Waals surface area contributed by atoms with Crippen molar-refractivity contribution >= 4 is 0 Å². The summed E-state index contributed by atoms with van der Waals surface area (Å²) in [5.41, 5.74) is 6.29. The van der Waals surface area contributed by atoms with Crippen LogP contribution >= 0.6 is 0 Å². The van der Waals surface area contributed by atoms with Crippen LogP contribution in [0.15, 0.2) is 24.3 Å². The van der Waals surface area contributed by atoms with Crippen molar-refractivity contribution in [2.24, 2.45) is 5.73 Å². The van der Waals surface area contributed by atoms with Crippen LogP contribution in [-0.4, -0.2) is 19.4 Å². The molecule has 0 aliphatic rings. The molecule has 1 unspecified atom stereocenters. The molecule has 0 radical (unpaired) electrons. The number of hydrogen-bond acceptors (Lipinski definition) is 2. The van der Waals surface area contributed by atoms with E-state index in [1.54, 1.807) is 0 Å². The van der Waals surface area contributed by atoms with Crippen LogP contribution in [0.1, 0.15) is 18.0 Å². The highest BCUT2D eigenvalue weighted by molar-refractivity contribution is 5.19. The quantitative estimate of drug-likeness (QED) is 0.645. The van der Waals surface area contributed by atoms with Crippen LogP contribution in [0.3, 0.4) is 0 Å². The van der Waals surface area contributed by atoms with Gasteiger partial charge in [0.25, 0.3) is 0 Å². The summed E-state index contributed by atoms with van der Waals surface area (Å²) in [4.78, 5) is 0. The number of nitrogens with two attached hydrogens (primary N) is 1. The number of benzene rings is 1. The largest absolute Gasteiger partial charge is 0.391 e. The maximum absolute atomic E-state index is 12.6. The standard InChI is InChI=1S/C11H13F4NO/c12-9-3-1-8(2-4-9)10(16)7-17-6-5-11(13,14)15/h1-4,10H,5-7,16H2. The normalized spacial score (nSPS) is 13.7. The minimum atomic E-state index is -4.22. The van der Waals surface area contributed by atoms with E-state index in [0.29, 0.717) is 5.56 Å². The van der Waals surface area contributed by atoms with Gasteiger partial charge in [-0.2, -0.15) is 13.2 Å². The molecule has 2 N–H and O–H groups in total. The van der Waals surface area contributed by atoms with Gasteiger partial charge in [-0.05, 0) is 17.7 Å². The van der Waals surface area contributed by atoms with Crippen molar-refractivity contribution in [3.63, 3.8) is 0 Å². The monoisotopic (exact) mass is 251 g/mol. The average Bonchev–Trinajstić information content (AvgIpc) is 2.24. The lowest BCUT2D eigenvalue weighted by Crippen LogP contribution is -2.19. The zero-order valence-electron chi connectivity index (χ0n) is 9.01. The Bertz CT molecular complexity index is 336. The SMILES string of the molecule is NC(COCCC(F)(F)F)c1ccc(F)cc1. The molecule has 0 saturated carbocycles. The molecule has 96 valence electrons. The summed E-state index contributed by atoms with van der Waals surface area (Å²) in [6, 6.07) is 4.89. The molecule has 0 heterocycles. The second kappa shape index (κ2) is 5.97. The van der Waals surface area contributed by atoms with Crippen molar-refractivity contribution < 1.29 is 22.3 Å². The summed E-state index contributed by atoms with van der Waals surface area (Å²) < 4.78 is 52.8. The smallest absolute Gasteiger partial charge is 0.379 e. The average molecular weight is 251 g/mol. The van der Waals surface area contributed by atoms with Gasteiger partial charge in [-0.25, -0.2) is 4.39 Å². The zero-order chi connectivity index (χ0) is 12.9. The first-order chi connectivity index (χ1) is 7.88. The Kier molecular flexibility index (Phi) is 4.89. The van der Waals surface area contributed by atoms with E-state index >= 15 is 0 Å². The Balaban J connectivity index is 2.30. The van der Waals surface area contributed by atoms with Gasteiger partial charge >= 0.3 is 6.18 Å². The third kappa shape index (κ3) is 5.65. The first-order valence-corrected chi connectivity index (χ1v) is 5.04. The van der Waals surface area contributed by atoms with E-state index in [4.69, 9.17) is 10.5 Å². The van der Waals surface area contributed by atoms with Crippen molar-refractivity contribution in [2.45, 2.75) is 18.6 Å². The van der Waals surface area contributed by atoms with E-state index in [-0.39, 0.29) is 12.4 Å². The van der Waals surface area contributed by atoms with Crippen LogP contribution in [0.5, 0.6) is 0 Å². The van der Waals surface area contributed by atoms with Crippen LogP contribution < -0.4 is 5.73 Å². The van der Waals surface area contributed by atoms with E-state index in [9.17, 15) is 17.6 Å². The number of hydrogen-bond donors (Lipinski definition) is 1. The molecule has 2 nitrogen and oxygen atoms in total. The van der Waals surface area contributed by atoms with Crippen molar-refractivity contribution in [2.75, 3.05) is 13.2 Å². The number of alkyl halides is 3. The Morgan fingerprint density at radius 2 is 1.76 bits per heavy atom. The van der Waals surface area contributed by atoms with Gasteiger partial charge in [0, 0.05) is 0 Å². The lowest BCUT2D eigenvalue weighted by atomic mass is 10.1. The van der Waals surface area contributed by atoms with Crippen LogP contribution in [0.2, 0.25) is 0 Å². The fourth-order valence-corrected chi connectivity index (χ4v) is 1.20.